The van der Waals surface area contributed by atoms with E-state index < -0.39 is 0 Å². The maximum absolute atomic E-state index is 9.84. The van der Waals surface area contributed by atoms with E-state index in [0.717, 1.165) is 24.1 Å². The molecule has 2 unspecified atom stereocenters. The van der Waals surface area contributed by atoms with Crippen molar-refractivity contribution in [3.8, 4) is 5.19 Å². The van der Waals surface area contributed by atoms with Crippen molar-refractivity contribution in [3.05, 3.63) is 11.1 Å². The molecule has 3 nitrogen and oxygen atoms in total. The largest absolute Gasteiger partial charge is 0.473 e. The first-order chi connectivity index (χ1) is 6.81. The quantitative estimate of drug-likeness (QED) is 0.818. The molecule has 4 heteroatoms. The van der Waals surface area contributed by atoms with Crippen molar-refractivity contribution in [2.24, 2.45) is 0 Å². The highest BCUT2D eigenvalue weighted by atomic mass is 32.1. The summed E-state index contributed by atoms with van der Waals surface area (Å²) in [6.45, 7) is 0. The lowest BCUT2D eigenvalue weighted by molar-refractivity contribution is 0.107. The van der Waals surface area contributed by atoms with Crippen LogP contribution in [0.1, 0.15) is 36.5 Å². The van der Waals surface area contributed by atoms with Crippen molar-refractivity contribution in [1.29, 1.82) is 0 Å². The molecule has 1 aliphatic carbocycles. The number of thiazole rings is 1. The molecular weight excluding hydrogens is 198 g/mol. The minimum absolute atomic E-state index is 0.186. The molecule has 0 saturated heterocycles. The molecule has 1 aromatic heterocycles. The van der Waals surface area contributed by atoms with E-state index in [4.69, 9.17) is 4.74 Å². The van der Waals surface area contributed by atoms with Crippen LogP contribution >= 0.6 is 11.3 Å². The number of nitrogens with zero attached hydrogens (tertiary/aromatic N) is 1. The van der Waals surface area contributed by atoms with Gasteiger partial charge in [0.1, 0.15) is 0 Å². The van der Waals surface area contributed by atoms with Crippen molar-refractivity contribution in [2.45, 2.75) is 37.7 Å². The second-order valence-electron chi connectivity index (χ2n) is 3.69. The van der Waals surface area contributed by atoms with Gasteiger partial charge in [-0.1, -0.05) is 24.2 Å². The fraction of sp³-hybridized carbons (Fsp3) is 0.700. The summed E-state index contributed by atoms with van der Waals surface area (Å²) < 4.78 is 5.05. The number of aliphatic hydroxyl groups is 1. The monoisotopic (exact) mass is 213 g/mol. The molecule has 0 aliphatic heterocycles. The van der Waals surface area contributed by atoms with Crippen molar-refractivity contribution in [3.63, 3.8) is 0 Å². The third-order valence-corrected chi connectivity index (χ3v) is 3.86. The molecule has 0 radical (unpaired) electrons. The summed E-state index contributed by atoms with van der Waals surface area (Å²) in [4.78, 5) is 5.29. The minimum atomic E-state index is -0.186. The predicted octanol–water partition coefficient (Wildman–Crippen LogP) is 2.17. The van der Waals surface area contributed by atoms with Crippen LogP contribution in [0.25, 0.3) is 0 Å². The summed E-state index contributed by atoms with van der Waals surface area (Å²) in [5, 5.41) is 10.5. The van der Waals surface area contributed by atoms with Gasteiger partial charge < -0.3 is 9.84 Å². The van der Waals surface area contributed by atoms with E-state index in [1.807, 2.05) is 6.20 Å². The van der Waals surface area contributed by atoms with E-state index in [-0.39, 0.29) is 12.0 Å². The fourth-order valence-electron chi connectivity index (χ4n) is 1.98. The lowest BCUT2D eigenvalue weighted by Gasteiger charge is -2.25. The van der Waals surface area contributed by atoms with Gasteiger partial charge in [0.15, 0.2) is 0 Å². The summed E-state index contributed by atoms with van der Waals surface area (Å²) >= 11 is 1.55. The number of hydrogen-bond acceptors (Lipinski definition) is 4. The second kappa shape index (κ2) is 4.28. The molecule has 1 aromatic rings. The number of rotatable bonds is 2. The second-order valence-corrected chi connectivity index (χ2v) is 4.72. The molecule has 1 heterocycles. The van der Waals surface area contributed by atoms with Gasteiger partial charge in [-0.05, 0) is 12.8 Å². The van der Waals surface area contributed by atoms with Gasteiger partial charge >= 0.3 is 0 Å². The molecule has 0 aromatic carbocycles. The van der Waals surface area contributed by atoms with Gasteiger partial charge in [-0.15, -0.1) is 0 Å². The first-order valence-electron chi connectivity index (χ1n) is 4.99. The maximum atomic E-state index is 9.84. The highest BCUT2D eigenvalue weighted by molar-refractivity contribution is 7.13. The summed E-state index contributed by atoms with van der Waals surface area (Å²) in [5.41, 5.74) is 0. The van der Waals surface area contributed by atoms with E-state index in [2.05, 4.69) is 4.98 Å². The first kappa shape index (κ1) is 9.93. The molecule has 0 spiro atoms. The van der Waals surface area contributed by atoms with Crippen molar-refractivity contribution >= 4 is 11.3 Å². The van der Waals surface area contributed by atoms with Crippen LogP contribution in [0.2, 0.25) is 0 Å². The average Bonchev–Trinajstić information content (AvgIpc) is 2.67. The number of ether oxygens (including phenoxy) is 1. The van der Waals surface area contributed by atoms with Gasteiger partial charge in [0.05, 0.1) is 13.2 Å². The number of methoxy groups -OCH3 is 1. The zero-order valence-electron chi connectivity index (χ0n) is 8.27. The number of aromatic nitrogens is 1. The van der Waals surface area contributed by atoms with Crippen LogP contribution in [-0.2, 0) is 0 Å². The van der Waals surface area contributed by atoms with Gasteiger partial charge in [0.2, 0.25) is 0 Å². The molecule has 2 rings (SSSR count). The predicted molar refractivity (Wildman–Crippen MR) is 55.9 cm³/mol. The third kappa shape index (κ3) is 1.91. The Morgan fingerprint density at radius 1 is 1.50 bits per heavy atom. The van der Waals surface area contributed by atoms with Gasteiger partial charge in [0.25, 0.3) is 5.19 Å². The molecule has 1 N–H and O–H groups in total. The van der Waals surface area contributed by atoms with Gasteiger partial charge in [-0.2, -0.15) is 0 Å². The van der Waals surface area contributed by atoms with Gasteiger partial charge in [-0.25, -0.2) is 4.98 Å². The Kier molecular flexibility index (Phi) is 3.03. The van der Waals surface area contributed by atoms with Crippen molar-refractivity contribution in [1.82, 2.24) is 4.98 Å². The topological polar surface area (TPSA) is 42.4 Å². The Hall–Kier alpha value is -0.610. The van der Waals surface area contributed by atoms with Crippen LogP contribution in [0.3, 0.4) is 0 Å². The Bertz CT molecular complexity index is 300. The van der Waals surface area contributed by atoms with E-state index in [1.54, 1.807) is 18.4 Å². The molecule has 1 saturated carbocycles. The molecular formula is C10H15NO2S. The van der Waals surface area contributed by atoms with E-state index >= 15 is 0 Å². The van der Waals surface area contributed by atoms with Crippen LogP contribution < -0.4 is 4.74 Å². The summed E-state index contributed by atoms with van der Waals surface area (Å²) in [6.07, 6.45) is 6.00. The highest BCUT2D eigenvalue weighted by Crippen LogP contribution is 2.37. The maximum Gasteiger partial charge on any atom is 0.273 e. The first-order valence-corrected chi connectivity index (χ1v) is 5.80. The highest BCUT2D eigenvalue weighted by Gasteiger charge is 2.26. The average molecular weight is 213 g/mol. The lowest BCUT2D eigenvalue weighted by atomic mass is 9.86. The number of hydrogen-bond donors (Lipinski definition) is 1. The van der Waals surface area contributed by atoms with Crippen molar-refractivity contribution < 1.29 is 9.84 Å². The molecule has 1 aliphatic rings. The van der Waals surface area contributed by atoms with Gasteiger partial charge in [0, 0.05) is 17.0 Å². The molecule has 78 valence electrons. The lowest BCUT2D eigenvalue weighted by Crippen LogP contribution is -2.21. The van der Waals surface area contributed by atoms with E-state index in [1.165, 1.54) is 6.42 Å². The van der Waals surface area contributed by atoms with Crippen LogP contribution in [-0.4, -0.2) is 23.3 Å². The Morgan fingerprint density at radius 2 is 2.29 bits per heavy atom. The van der Waals surface area contributed by atoms with Crippen LogP contribution in [0.5, 0.6) is 5.19 Å². The van der Waals surface area contributed by atoms with E-state index in [0.29, 0.717) is 5.19 Å². The van der Waals surface area contributed by atoms with Crippen molar-refractivity contribution in [2.75, 3.05) is 7.11 Å². The fourth-order valence-corrected chi connectivity index (χ4v) is 2.90. The minimum Gasteiger partial charge on any atom is -0.473 e. The Morgan fingerprint density at radius 3 is 2.93 bits per heavy atom. The Labute approximate surface area is 87.7 Å². The molecule has 1 fully saturated rings. The molecule has 0 bridgehead atoms. The Balaban J connectivity index is 2.12. The smallest absolute Gasteiger partial charge is 0.273 e. The zero-order valence-corrected chi connectivity index (χ0v) is 9.09. The van der Waals surface area contributed by atoms with E-state index in [9.17, 15) is 5.11 Å². The van der Waals surface area contributed by atoms with Crippen LogP contribution in [0.15, 0.2) is 6.20 Å². The number of aliphatic hydroxyl groups excluding tert-OH is 1. The van der Waals surface area contributed by atoms with Crippen LogP contribution in [0, 0.1) is 0 Å². The molecule has 14 heavy (non-hydrogen) atoms. The SMILES string of the molecule is COc1ncc(C2CCCCC2O)s1. The van der Waals surface area contributed by atoms with Crippen LogP contribution in [0.4, 0.5) is 0 Å². The normalized spacial score (nSPS) is 27.6. The zero-order chi connectivity index (χ0) is 9.97. The summed E-state index contributed by atoms with van der Waals surface area (Å²) in [7, 11) is 1.62. The molecule has 0 amide bonds. The molecule has 2 atom stereocenters. The van der Waals surface area contributed by atoms with Gasteiger partial charge in [-0.3, -0.25) is 0 Å². The summed E-state index contributed by atoms with van der Waals surface area (Å²) in [6, 6.07) is 0. The standard InChI is InChI=1S/C10H15NO2S/c1-13-10-11-6-9(14-10)7-4-2-3-5-8(7)12/h6-8,12H,2-5H2,1H3. The summed E-state index contributed by atoms with van der Waals surface area (Å²) in [5.74, 6) is 0.283. The third-order valence-electron chi connectivity index (χ3n) is 2.77.